The summed E-state index contributed by atoms with van der Waals surface area (Å²) in [5.41, 5.74) is 18.7. The van der Waals surface area contributed by atoms with Gasteiger partial charge in [-0.3, -0.25) is 5.10 Å². The number of H-pyrrole nitrogens is 1. The second-order valence-electron chi connectivity index (χ2n) is 3.44. The number of nitrogens with two attached hydrogens (primary N) is 3. The number of hydrogen-bond acceptors (Lipinski definition) is 6. The Labute approximate surface area is 97.7 Å². The molecule has 7 nitrogen and oxygen atoms in total. The Bertz CT molecular complexity index is 507. The highest BCUT2D eigenvalue weighted by atomic mass is 15.2. The van der Waals surface area contributed by atoms with Gasteiger partial charge in [-0.05, 0) is 17.7 Å². The Morgan fingerprint density at radius 3 is 2.35 bits per heavy atom. The predicted octanol–water partition coefficient (Wildman–Crippen LogP) is 1.45. The van der Waals surface area contributed by atoms with Crippen LogP contribution in [-0.4, -0.2) is 10.2 Å². The fraction of sp³-hybridized carbons (Fsp3) is 0.100. The van der Waals surface area contributed by atoms with Crippen LogP contribution in [0.2, 0.25) is 0 Å². The van der Waals surface area contributed by atoms with Gasteiger partial charge in [-0.1, -0.05) is 12.1 Å². The van der Waals surface area contributed by atoms with E-state index in [1.807, 2.05) is 24.3 Å². The van der Waals surface area contributed by atoms with Gasteiger partial charge >= 0.3 is 0 Å². The number of nitrogens with one attached hydrogen (secondary N) is 1. The lowest BCUT2D eigenvalue weighted by molar-refractivity contribution is 1.07. The van der Waals surface area contributed by atoms with Gasteiger partial charge in [0.25, 0.3) is 0 Å². The van der Waals surface area contributed by atoms with Gasteiger partial charge in [0.2, 0.25) is 0 Å². The SMILES string of the molecule is NCc1ccc(N=Nc2c(N)n[nH]c2N)cc1. The van der Waals surface area contributed by atoms with E-state index in [0.717, 1.165) is 5.56 Å². The van der Waals surface area contributed by atoms with Crippen LogP contribution in [0.25, 0.3) is 0 Å². The van der Waals surface area contributed by atoms with Crippen LogP contribution in [0.1, 0.15) is 5.56 Å². The van der Waals surface area contributed by atoms with Crippen molar-refractivity contribution in [2.45, 2.75) is 6.54 Å². The van der Waals surface area contributed by atoms with Gasteiger partial charge in [0.1, 0.15) is 5.82 Å². The van der Waals surface area contributed by atoms with Crippen LogP contribution in [0.5, 0.6) is 0 Å². The standard InChI is InChI=1S/C10H13N7/c11-5-6-1-3-7(4-2-6)14-15-8-9(12)16-17-10(8)13/h1-4H,5,11H2,(H5,12,13,16,17). The van der Waals surface area contributed by atoms with Crippen molar-refractivity contribution in [2.24, 2.45) is 16.0 Å². The molecule has 0 saturated carbocycles. The van der Waals surface area contributed by atoms with E-state index in [0.29, 0.717) is 23.7 Å². The van der Waals surface area contributed by atoms with Gasteiger partial charge < -0.3 is 17.2 Å². The maximum absolute atomic E-state index is 5.58. The van der Waals surface area contributed by atoms with Crippen molar-refractivity contribution < 1.29 is 0 Å². The first-order valence-corrected chi connectivity index (χ1v) is 5.00. The van der Waals surface area contributed by atoms with Crippen molar-refractivity contribution in [1.29, 1.82) is 0 Å². The molecule has 0 aliphatic rings. The van der Waals surface area contributed by atoms with Crippen molar-refractivity contribution >= 4 is 23.0 Å². The Hall–Kier alpha value is -2.41. The minimum absolute atomic E-state index is 0.227. The zero-order chi connectivity index (χ0) is 12.3. The molecule has 2 aromatic rings. The molecule has 17 heavy (non-hydrogen) atoms. The molecule has 88 valence electrons. The fourth-order valence-corrected chi connectivity index (χ4v) is 1.28. The highest BCUT2D eigenvalue weighted by Gasteiger charge is 2.06. The van der Waals surface area contributed by atoms with E-state index in [4.69, 9.17) is 17.2 Å². The number of hydrogen-bond donors (Lipinski definition) is 4. The maximum Gasteiger partial charge on any atom is 0.175 e. The lowest BCUT2D eigenvalue weighted by atomic mass is 10.2. The van der Waals surface area contributed by atoms with Crippen molar-refractivity contribution in [3.8, 4) is 0 Å². The highest BCUT2D eigenvalue weighted by molar-refractivity contribution is 5.70. The number of nitrogens with zero attached hydrogens (tertiary/aromatic N) is 3. The number of azo groups is 1. The highest BCUT2D eigenvalue weighted by Crippen LogP contribution is 2.28. The second-order valence-corrected chi connectivity index (χ2v) is 3.44. The molecule has 0 radical (unpaired) electrons. The van der Waals surface area contributed by atoms with Gasteiger partial charge in [0.05, 0.1) is 5.69 Å². The summed E-state index contributed by atoms with van der Waals surface area (Å²) in [6.07, 6.45) is 0. The van der Waals surface area contributed by atoms with Crippen LogP contribution in [0, 0.1) is 0 Å². The molecule has 1 aromatic heterocycles. The molecule has 0 amide bonds. The monoisotopic (exact) mass is 231 g/mol. The Balaban J connectivity index is 2.20. The first-order valence-electron chi connectivity index (χ1n) is 5.00. The molecule has 0 spiro atoms. The predicted molar refractivity (Wildman–Crippen MR) is 65.9 cm³/mol. The molecule has 7 N–H and O–H groups in total. The smallest absolute Gasteiger partial charge is 0.175 e. The van der Waals surface area contributed by atoms with Crippen LogP contribution in [0.15, 0.2) is 34.5 Å². The number of benzene rings is 1. The number of anilines is 2. The van der Waals surface area contributed by atoms with E-state index in [-0.39, 0.29) is 5.82 Å². The molecule has 0 aliphatic heterocycles. The molecule has 0 fully saturated rings. The molecular weight excluding hydrogens is 218 g/mol. The Morgan fingerprint density at radius 1 is 1.12 bits per heavy atom. The van der Waals surface area contributed by atoms with E-state index < -0.39 is 0 Å². The molecule has 0 atom stereocenters. The molecule has 1 heterocycles. The van der Waals surface area contributed by atoms with E-state index in [1.54, 1.807) is 0 Å². The molecule has 0 saturated heterocycles. The first-order chi connectivity index (χ1) is 8.20. The van der Waals surface area contributed by atoms with E-state index in [9.17, 15) is 0 Å². The number of rotatable bonds is 3. The van der Waals surface area contributed by atoms with E-state index in [2.05, 4.69) is 20.4 Å². The third-order valence-electron chi connectivity index (χ3n) is 2.23. The first kappa shape index (κ1) is 11.1. The van der Waals surface area contributed by atoms with Crippen LogP contribution in [-0.2, 0) is 6.54 Å². The lowest BCUT2D eigenvalue weighted by Crippen LogP contribution is -1.94. The minimum atomic E-state index is 0.227. The van der Waals surface area contributed by atoms with Gasteiger partial charge in [-0.25, -0.2) is 0 Å². The quantitative estimate of drug-likeness (QED) is 0.595. The van der Waals surface area contributed by atoms with Crippen LogP contribution < -0.4 is 17.2 Å². The van der Waals surface area contributed by atoms with Gasteiger partial charge in [-0.2, -0.15) is 10.2 Å². The Kier molecular flexibility index (Phi) is 3.01. The normalized spacial score (nSPS) is 11.1. The van der Waals surface area contributed by atoms with Crippen LogP contribution >= 0.6 is 0 Å². The van der Waals surface area contributed by atoms with Crippen LogP contribution in [0.4, 0.5) is 23.0 Å². The average Bonchev–Trinajstić information content (AvgIpc) is 2.67. The molecule has 0 bridgehead atoms. The summed E-state index contributed by atoms with van der Waals surface area (Å²) in [5.74, 6) is 0.523. The largest absolute Gasteiger partial charge is 0.382 e. The zero-order valence-corrected chi connectivity index (χ0v) is 9.09. The summed E-state index contributed by atoms with van der Waals surface area (Å²) in [5, 5.41) is 14.2. The molecular formula is C10H13N7. The van der Waals surface area contributed by atoms with E-state index >= 15 is 0 Å². The summed E-state index contributed by atoms with van der Waals surface area (Å²) in [4.78, 5) is 0. The number of aromatic nitrogens is 2. The Morgan fingerprint density at radius 2 is 1.82 bits per heavy atom. The molecule has 0 unspecified atom stereocenters. The zero-order valence-electron chi connectivity index (χ0n) is 9.09. The third kappa shape index (κ3) is 2.40. The maximum atomic E-state index is 5.58. The summed E-state index contributed by atoms with van der Waals surface area (Å²) in [6.45, 7) is 0.499. The molecule has 0 aliphatic carbocycles. The topological polar surface area (TPSA) is 131 Å². The van der Waals surface area contributed by atoms with Crippen molar-refractivity contribution in [1.82, 2.24) is 10.2 Å². The summed E-state index contributed by atoms with van der Waals surface area (Å²) >= 11 is 0. The molecule has 2 rings (SSSR count). The number of nitrogen functional groups attached to an aromatic ring is 2. The third-order valence-corrected chi connectivity index (χ3v) is 2.23. The van der Waals surface area contributed by atoms with Gasteiger partial charge in [-0.15, -0.1) is 5.11 Å². The summed E-state index contributed by atoms with van der Waals surface area (Å²) < 4.78 is 0. The lowest BCUT2D eigenvalue weighted by Gasteiger charge is -1.96. The minimum Gasteiger partial charge on any atom is -0.382 e. The summed E-state index contributed by atoms with van der Waals surface area (Å²) in [7, 11) is 0. The average molecular weight is 231 g/mol. The summed E-state index contributed by atoms with van der Waals surface area (Å²) in [6, 6.07) is 7.41. The molecule has 7 heteroatoms. The van der Waals surface area contributed by atoms with Crippen molar-refractivity contribution in [3.63, 3.8) is 0 Å². The second kappa shape index (κ2) is 4.62. The van der Waals surface area contributed by atoms with E-state index in [1.165, 1.54) is 0 Å². The number of aromatic amines is 1. The van der Waals surface area contributed by atoms with Crippen molar-refractivity contribution in [2.75, 3.05) is 11.5 Å². The van der Waals surface area contributed by atoms with Gasteiger partial charge in [0, 0.05) is 6.54 Å². The van der Waals surface area contributed by atoms with Crippen LogP contribution in [0.3, 0.4) is 0 Å². The van der Waals surface area contributed by atoms with Gasteiger partial charge in [0.15, 0.2) is 11.5 Å². The fourth-order valence-electron chi connectivity index (χ4n) is 1.28. The molecule has 1 aromatic carbocycles. The van der Waals surface area contributed by atoms with Crippen molar-refractivity contribution in [3.05, 3.63) is 29.8 Å².